The van der Waals surface area contributed by atoms with E-state index in [0.717, 1.165) is 90.0 Å². The van der Waals surface area contributed by atoms with Gasteiger partial charge in [-0.15, -0.1) is 0 Å². The first-order chi connectivity index (χ1) is 26.3. The summed E-state index contributed by atoms with van der Waals surface area (Å²) in [4.78, 5) is 39.7. The average molecular weight is 725 g/mol. The third kappa shape index (κ3) is 8.50. The average Bonchev–Trinajstić information content (AvgIpc) is 4.00. The van der Waals surface area contributed by atoms with Crippen molar-refractivity contribution in [2.24, 2.45) is 11.8 Å². The fraction of sp³-hybridized carbons (Fsp3) is 0.381. The summed E-state index contributed by atoms with van der Waals surface area (Å²) in [6, 6.07) is 22.4. The van der Waals surface area contributed by atoms with Gasteiger partial charge >= 0.3 is 0 Å². The van der Waals surface area contributed by atoms with Gasteiger partial charge in [-0.25, -0.2) is 0 Å². The van der Waals surface area contributed by atoms with Crippen molar-refractivity contribution in [3.8, 4) is 22.5 Å². The van der Waals surface area contributed by atoms with E-state index < -0.39 is 0 Å². The number of likely N-dealkylation sites (tertiary alicyclic amines) is 2. The van der Waals surface area contributed by atoms with Crippen molar-refractivity contribution in [1.29, 1.82) is 0 Å². The Hall–Kier alpha value is -5.46. The molecule has 6 heterocycles. The molecule has 0 spiro atoms. The van der Waals surface area contributed by atoms with Crippen LogP contribution in [0.3, 0.4) is 0 Å². The maximum atomic E-state index is 12.9. The largest absolute Gasteiger partial charge is 0.309 e. The molecule has 3 unspecified atom stereocenters. The summed E-state index contributed by atoms with van der Waals surface area (Å²) in [7, 11) is 0. The summed E-state index contributed by atoms with van der Waals surface area (Å²) in [6.45, 7) is 10.3. The van der Waals surface area contributed by atoms with Crippen LogP contribution in [0.5, 0.6) is 0 Å². The Balaban J connectivity index is 0.806. The van der Waals surface area contributed by atoms with Crippen LogP contribution in [0.4, 0.5) is 11.6 Å². The number of amides is 2. The molecular formula is C42H48N10O2. The molecule has 12 nitrogen and oxygen atoms in total. The molecule has 0 saturated carbocycles. The van der Waals surface area contributed by atoms with E-state index in [1.807, 2.05) is 42.6 Å². The Morgan fingerprint density at radius 2 is 1.41 bits per heavy atom. The number of nitrogens with one attached hydrogen (secondary N) is 4. The minimum absolute atomic E-state index is 0.00928. The molecule has 2 aliphatic heterocycles. The number of anilines is 2. The van der Waals surface area contributed by atoms with E-state index in [9.17, 15) is 9.59 Å². The minimum atomic E-state index is -0.0343. The SMILES string of the molecule is CC(CC(=O)Nc1cc(-c2cnc3cc(C4CCN(CC(C)CC(=O)Nc5cc(-c6ccc7ncccc7c6)[nH]n5)C4)ccc3c2)[nH]n1)CN1CCCC1. The standard InChI is InChI=1S/C42H48N10O2/c1-27(24-51-13-3-4-14-51)16-41(53)46-40-22-38(48-50-40)34-19-31-8-7-29(20-36(31)44-23-34)33-11-15-52(26-33)25-28(2)17-42(54)45-39-21-37(47-49-39)32-9-10-35-30(18-32)6-5-12-43-35/h5-10,12,18-23,27-28,33H,3-4,11,13-17,24-26H2,1-2H3,(H2,45,47,49,54)(H2,46,48,50,53). The van der Waals surface area contributed by atoms with Crippen LogP contribution in [0.15, 0.2) is 79.1 Å². The maximum Gasteiger partial charge on any atom is 0.225 e. The van der Waals surface area contributed by atoms with Crippen molar-refractivity contribution in [2.45, 2.75) is 51.9 Å². The lowest BCUT2D eigenvalue weighted by atomic mass is 9.96. The number of benzene rings is 2. The molecule has 2 saturated heterocycles. The highest BCUT2D eigenvalue weighted by atomic mass is 16.2. The molecule has 0 bridgehead atoms. The highest BCUT2D eigenvalue weighted by Gasteiger charge is 2.26. The highest BCUT2D eigenvalue weighted by Crippen LogP contribution is 2.31. The van der Waals surface area contributed by atoms with Crippen LogP contribution in [0.2, 0.25) is 0 Å². The third-order valence-corrected chi connectivity index (χ3v) is 10.8. The first-order valence-corrected chi connectivity index (χ1v) is 19.2. The van der Waals surface area contributed by atoms with E-state index in [0.29, 0.717) is 36.3 Å². The van der Waals surface area contributed by atoms with Gasteiger partial charge in [0.05, 0.1) is 22.4 Å². The Morgan fingerprint density at radius 3 is 2.15 bits per heavy atom. The van der Waals surface area contributed by atoms with Crippen LogP contribution in [0, 0.1) is 11.8 Å². The van der Waals surface area contributed by atoms with Crippen LogP contribution in [0.1, 0.15) is 57.4 Å². The number of fused-ring (bicyclic) bond motifs is 2. The second-order valence-corrected chi connectivity index (χ2v) is 15.4. The van der Waals surface area contributed by atoms with Gasteiger partial charge in [-0.1, -0.05) is 38.1 Å². The molecule has 278 valence electrons. The quantitative estimate of drug-likeness (QED) is 0.0989. The maximum absolute atomic E-state index is 12.9. The lowest BCUT2D eigenvalue weighted by molar-refractivity contribution is -0.118. The van der Waals surface area contributed by atoms with Crippen LogP contribution < -0.4 is 10.6 Å². The Labute approximate surface area is 315 Å². The van der Waals surface area contributed by atoms with Crippen LogP contribution in [-0.2, 0) is 9.59 Å². The predicted octanol–water partition coefficient (Wildman–Crippen LogP) is 7.08. The van der Waals surface area contributed by atoms with E-state index in [1.165, 1.54) is 18.4 Å². The second-order valence-electron chi connectivity index (χ2n) is 15.4. The molecule has 4 N–H and O–H groups in total. The summed E-state index contributed by atoms with van der Waals surface area (Å²) in [5.41, 5.74) is 6.76. The van der Waals surface area contributed by atoms with Crippen molar-refractivity contribution >= 4 is 45.3 Å². The number of pyridine rings is 2. The van der Waals surface area contributed by atoms with Crippen molar-refractivity contribution in [1.82, 2.24) is 40.2 Å². The van der Waals surface area contributed by atoms with Crippen molar-refractivity contribution < 1.29 is 9.59 Å². The van der Waals surface area contributed by atoms with Gasteiger partial charge in [0, 0.05) is 78.9 Å². The molecule has 2 fully saturated rings. The number of aromatic amines is 2. The predicted molar refractivity (Wildman–Crippen MR) is 213 cm³/mol. The van der Waals surface area contributed by atoms with Gasteiger partial charge in [0.15, 0.2) is 11.6 Å². The number of aromatic nitrogens is 6. The summed E-state index contributed by atoms with van der Waals surface area (Å²) in [5, 5.41) is 22.8. The zero-order chi connectivity index (χ0) is 37.0. The normalized spacial score (nSPS) is 17.6. The summed E-state index contributed by atoms with van der Waals surface area (Å²) in [5.74, 6) is 1.93. The van der Waals surface area contributed by atoms with Gasteiger partial charge in [0.25, 0.3) is 0 Å². The fourth-order valence-corrected chi connectivity index (χ4v) is 8.12. The summed E-state index contributed by atoms with van der Waals surface area (Å²) < 4.78 is 0. The highest BCUT2D eigenvalue weighted by molar-refractivity contribution is 5.92. The fourth-order valence-electron chi connectivity index (χ4n) is 8.12. The number of carbonyl (C=O) groups excluding carboxylic acids is 2. The number of nitrogens with zero attached hydrogens (tertiary/aromatic N) is 6. The van der Waals surface area contributed by atoms with Gasteiger partial charge in [-0.3, -0.25) is 29.8 Å². The van der Waals surface area contributed by atoms with Gasteiger partial charge in [0.2, 0.25) is 11.8 Å². The van der Waals surface area contributed by atoms with Crippen LogP contribution >= 0.6 is 0 Å². The topological polar surface area (TPSA) is 148 Å². The number of hydrogen-bond donors (Lipinski definition) is 4. The molecule has 0 radical (unpaired) electrons. The molecule has 2 amide bonds. The molecule has 8 rings (SSSR count). The lowest BCUT2D eigenvalue weighted by Crippen LogP contribution is -2.28. The van der Waals surface area contributed by atoms with Crippen molar-refractivity contribution in [2.75, 3.05) is 49.9 Å². The van der Waals surface area contributed by atoms with Gasteiger partial charge in [0.1, 0.15) is 0 Å². The molecule has 0 aliphatic carbocycles. The smallest absolute Gasteiger partial charge is 0.225 e. The van der Waals surface area contributed by atoms with Crippen molar-refractivity contribution in [3.05, 3.63) is 84.7 Å². The number of rotatable bonds is 13. The number of H-pyrrole nitrogens is 2. The third-order valence-electron chi connectivity index (χ3n) is 10.8. The lowest BCUT2D eigenvalue weighted by Gasteiger charge is -2.20. The summed E-state index contributed by atoms with van der Waals surface area (Å²) >= 11 is 0. The van der Waals surface area contributed by atoms with Gasteiger partial charge in [-0.05, 0) is 92.5 Å². The zero-order valence-corrected chi connectivity index (χ0v) is 31.0. The zero-order valence-electron chi connectivity index (χ0n) is 31.0. The molecule has 6 aromatic rings. The monoisotopic (exact) mass is 724 g/mol. The van der Waals surface area contributed by atoms with Gasteiger partial charge in [-0.2, -0.15) is 10.2 Å². The van der Waals surface area contributed by atoms with E-state index in [2.05, 4.69) is 90.0 Å². The molecule has 2 aromatic carbocycles. The van der Waals surface area contributed by atoms with E-state index in [-0.39, 0.29) is 17.7 Å². The molecule has 4 aromatic heterocycles. The molecule has 12 heteroatoms. The second kappa shape index (κ2) is 15.9. The Kier molecular flexibility index (Phi) is 10.5. The molecule has 3 atom stereocenters. The minimum Gasteiger partial charge on any atom is -0.309 e. The first kappa shape index (κ1) is 35.6. The number of carbonyl (C=O) groups is 2. The van der Waals surface area contributed by atoms with Crippen LogP contribution in [0.25, 0.3) is 44.3 Å². The Bertz CT molecular complexity index is 2260. The van der Waals surface area contributed by atoms with E-state index in [4.69, 9.17) is 4.98 Å². The number of hydrogen-bond acceptors (Lipinski definition) is 8. The van der Waals surface area contributed by atoms with Crippen molar-refractivity contribution in [3.63, 3.8) is 0 Å². The summed E-state index contributed by atoms with van der Waals surface area (Å²) in [6.07, 6.45) is 8.14. The molecule has 54 heavy (non-hydrogen) atoms. The van der Waals surface area contributed by atoms with E-state index >= 15 is 0 Å². The van der Waals surface area contributed by atoms with Gasteiger partial charge < -0.3 is 20.4 Å². The van der Waals surface area contributed by atoms with Crippen LogP contribution in [-0.4, -0.2) is 91.2 Å². The first-order valence-electron chi connectivity index (χ1n) is 19.2. The Morgan fingerprint density at radius 1 is 0.741 bits per heavy atom. The molecular weight excluding hydrogens is 677 g/mol. The van der Waals surface area contributed by atoms with E-state index in [1.54, 1.807) is 6.20 Å². The molecule has 2 aliphatic rings.